The lowest BCUT2D eigenvalue weighted by atomic mass is 9.97. The SMILES string of the molecule is OCC1CCCC1CNCCOc1ccc(Br)cc1. The van der Waals surface area contributed by atoms with E-state index in [9.17, 15) is 5.11 Å². The Morgan fingerprint density at radius 2 is 1.95 bits per heavy atom. The van der Waals surface area contributed by atoms with E-state index < -0.39 is 0 Å². The van der Waals surface area contributed by atoms with Crippen LogP contribution in [0.4, 0.5) is 0 Å². The van der Waals surface area contributed by atoms with Crippen LogP contribution < -0.4 is 10.1 Å². The molecule has 0 amide bonds. The van der Waals surface area contributed by atoms with Gasteiger partial charge in [-0.1, -0.05) is 22.4 Å². The van der Waals surface area contributed by atoms with Gasteiger partial charge in [0.2, 0.25) is 0 Å². The van der Waals surface area contributed by atoms with Crippen molar-refractivity contribution in [2.45, 2.75) is 19.3 Å². The standard InChI is InChI=1S/C15H22BrNO2/c16-14-4-6-15(7-5-14)19-9-8-17-10-12-2-1-3-13(12)11-18/h4-7,12-13,17-18H,1-3,8-11H2. The van der Waals surface area contributed by atoms with Crippen molar-refractivity contribution >= 4 is 15.9 Å². The topological polar surface area (TPSA) is 41.5 Å². The molecule has 1 saturated carbocycles. The molecule has 0 aliphatic heterocycles. The minimum Gasteiger partial charge on any atom is -0.492 e. The van der Waals surface area contributed by atoms with Gasteiger partial charge in [-0.3, -0.25) is 0 Å². The number of rotatable bonds is 7. The fourth-order valence-corrected chi connectivity index (χ4v) is 2.95. The summed E-state index contributed by atoms with van der Waals surface area (Å²) in [6, 6.07) is 7.88. The number of hydrogen-bond acceptors (Lipinski definition) is 3. The summed E-state index contributed by atoms with van der Waals surface area (Å²) >= 11 is 3.40. The van der Waals surface area contributed by atoms with Gasteiger partial charge in [-0.2, -0.15) is 0 Å². The molecule has 1 aliphatic carbocycles. The zero-order chi connectivity index (χ0) is 13.5. The highest BCUT2D eigenvalue weighted by molar-refractivity contribution is 9.10. The van der Waals surface area contributed by atoms with E-state index in [2.05, 4.69) is 21.2 Å². The lowest BCUT2D eigenvalue weighted by molar-refractivity contribution is 0.191. The second kappa shape index (κ2) is 7.88. The molecule has 2 N–H and O–H groups in total. The van der Waals surface area contributed by atoms with Crippen molar-refractivity contribution in [3.63, 3.8) is 0 Å². The van der Waals surface area contributed by atoms with Gasteiger partial charge in [-0.15, -0.1) is 0 Å². The van der Waals surface area contributed by atoms with Gasteiger partial charge in [-0.05, 0) is 55.5 Å². The summed E-state index contributed by atoms with van der Waals surface area (Å²) in [7, 11) is 0. The molecular formula is C15H22BrNO2. The van der Waals surface area contributed by atoms with Crippen LogP contribution in [0.25, 0.3) is 0 Å². The highest BCUT2D eigenvalue weighted by Gasteiger charge is 2.25. The summed E-state index contributed by atoms with van der Waals surface area (Å²) in [5, 5.41) is 12.7. The van der Waals surface area contributed by atoms with Crippen molar-refractivity contribution < 1.29 is 9.84 Å². The van der Waals surface area contributed by atoms with Crippen LogP contribution in [0.15, 0.2) is 28.7 Å². The number of halogens is 1. The predicted octanol–water partition coefficient (Wildman–Crippen LogP) is 2.83. The summed E-state index contributed by atoms with van der Waals surface area (Å²) in [5.74, 6) is 2.04. The average molecular weight is 328 g/mol. The molecular weight excluding hydrogens is 306 g/mol. The molecule has 1 fully saturated rings. The molecule has 19 heavy (non-hydrogen) atoms. The van der Waals surface area contributed by atoms with E-state index in [4.69, 9.17) is 4.74 Å². The first kappa shape index (κ1) is 14.8. The second-order valence-electron chi connectivity index (χ2n) is 5.14. The molecule has 1 aromatic carbocycles. The van der Waals surface area contributed by atoms with Crippen LogP contribution in [0.2, 0.25) is 0 Å². The summed E-state index contributed by atoms with van der Waals surface area (Å²) in [6.45, 7) is 2.86. The molecule has 2 rings (SSSR count). The number of aliphatic hydroxyl groups excluding tert-OH is 1. The van der Waals surface area contributed by atoms with Crippen LogP contribution in [0.3, 0.4) is 0 Å². The molecule has 2 atom stereocenters. The van der Waals surface area contributed by atoms with Gasteiger partial charge in [0.25, 0.3) is 0 Å². The van der Waals surface area contributed by atoms with E-state index in [0.29, 0.717) is 25.0 Å². The summed E-state index contributed by atoms with van der Waals surface area (Å²) in [5.41, 5.74) is 0. The number of nitrogens with one attached hydrogen (secondary N) is 1. The number of hydrogen-bond donors (Lipinski definition) is 2. The van der Waals surface area contributed by atoms with Gasteiger partial charge in [0.05, 0.1) is 0 Å². The first-order valence-electron chi connectivity index (χ1n) is 6.99. The molecule has 1 aliphatic rings. The quantitative estimate of drug-likeness (QED) is 0.757. The van der Waals surface area contributed by atoms with Gasteiger partial charge in [0, 0.05) is 17.6 Å². The largest absolute Gasteiger partial charge is 0.492 e. The van der Waals surface area contributed by atoms with Gasteiger partial charge in [0.15, 0.2) is 0 Å². The number of benzene rings is 1. The van der Waals surface area contributed by atoms with Crippen LogP contribution >= 0.6 is 15.9 Å². The minimum absolute atomic E-state index is 0.335. The smallest absolute Gasteiger partial charge is 0.119 e. The Labute approximate surface area is 123 Å². The molecule has 0 radical (unpaired) electrons. The third kappa shape index (κ3) is 4.79. The van der Waals surface area contributed by atoms with Crippen LogP contribution in [0.1, 0.15) is 19.3 Å². The Balaban J connectivity index is 1.58. The molecule has 106 valence electrons. The molecule has 2 unspecified atom stereocenters. The number of ether oxygens (including phenoxy) is 1. The van der Waals surface area contributed by atoms with E-state index in [0.717, 1.165) is 23.3 Å². The average Bonchev–Trinajstić information content (AvgIpc) is 2.88. The maximum atomic E-state index is 9.25. The van der Waals surface area contributed by atoms with Crippen LogP contribution in [-0.2, 0) is 0 Å². The Morgan fingerprint density at radius 3 is 2.68 bits per heavy atom. The number of aliphatic hydroxyl groups is 1. The van der Waals surface area contributed by atoms with E-state index in [1.54, 1.807) is 0 Å². The fraction of sp³-hybridized carbons (Fsp3) is 0.600. The Hall–Kier alpha value is -0.580. The first-order chi connectivity index (χ1) is 9.29. The molecule has 1 aromatic rings. The zero-order valence-electron chi connectivity index (χ0n) is 11.1. The zero-order valence-corrected chi connectivity index (χ0v) is 12.7. The van der Waals surface area contributed by atoms with Crippen molar-refractivity contribution in [3.8, 4) is 5.75 Å². The maximum Gasteiger partial charge on any atom is 0.119 e. The van der Waals surface area contributed by atoms with Crippen molar-refractivity contribution in [1.29, 1.82) is 0 Å². The fourth-order valence-electron chi connectivity index (χ4n) is 2.68. The molecule has 0 bridgehead atoms. The molecule has 0 spiro atoms. The van der Waals surface area contributed by atoms with Gasteiger partial charge >= 0.3 is 0 Å². The molecule has 3 nitrogen and oxygen atoms in total. The highest BCUT2D eigenvalue weighted by atomic mass is 79.9. The van der Waals surface area contributed by atoms with Crippen LogP contribution in [0.5, 0.6) is 5.75 Å². The Kier molecular flexibility index (Phi) is 6.14. The Morgan fingerprint density at radius 1 is 1.21 bits per heavy atom. The third-order valence-electron chi connectivity index (χ3n) is 3.82. The first-order valence-corrected chi connectivity index (χ1v) is 7.79. The van der Waals surface area contributed by atoms with E-state index in [1.165, 1.54) is 19.3 Å². The van der Waals surface area contributed by atoms with Crippen LogP contribution in [-0.4, -0.2) is 31.4 Å². The summed E-state index contributed by atoms with van der Waals surface area (Å²) in [4.78, 5) is 0. The molecule has 0 aromatic heterocycles. The van der Waals surface area contributed by atoms with Crippen molar-refractivity contribution in [3.05, 3.63) is 28.7 Å². The molecule has 0 heterocycles. The summed E-state index contributed by atoms with van der Waals surface area (Å²) in [6.07, 6.45) is 3.68. The lowest BCUT2D eigenvalue weighted by Crippen LogP contribution is -2.29. The molecule has 4 heteroatoms. The minimum atomic E-state index is 0.335. The van der Waals surface area contributed by atoms with Gasteiger partial charge in [-0.25, -0.2) is 0 Å². The summed E-state index contributed by atoms with van der Waals surface area (Å²) < 4.78 is 6.71. The predicted molar refractivity (Wildman–Crippen MR) is 80.4 cm³/mol. The van der Waals surface area contributed by atoms with Crippen molar-refractivity contribution in [2.75, 3.05) is 26.3 Å². The normalized spacial score (nSPS) is 22.6. The highest BCUT2D eigenvalue weighted by Crippen LogP contribution is 2.30. The lowest BCUT2D eigenvalue weighted by Gasteiger charge is -2.17. The molecule has 0 saturated heterocycles. The van der Waals surface area contributed by atoms with Crippen molar-refractivity contribution in [2.24, 2.45) is 11.8 Å². The van der Waals surface area contributed by atoms with E-state index >= 15 is 0 Å². The second-order valence-corrected chi connectivity index (χ2v) is 6.06. The monoisotopic (exact) mass is 327 g/mol. The third-order valence-corrected chi connectivity index (χ3v) is 4.35. The Bertz CT molecular complexity index is 369. The maximum absolute atomic E-state index is 9.25. The van der Waals surface area contributed by atoms with Crippen LogP contribution in [0, 0.1) is 11.8 Å². The van der Waals surface area contributed by atoms with E-state index in [1.807, 2.05) is 24.3 Å². The van der Waals surface area contributed by atoms with Crippen molar-refractivity contribution in [1.82, 2.24) is 5.32 Å². The van der Waals surface area contributed by atoms with Gasteiger partial charge in [0.1, 0.15) is 12.4 Å². The van der Waals surface area contributed by atoms with E-state index in [-0.39, 0.29) is 0 Å². The van der Waals surface area contributed by atoms with Gasteiger partial charge < -0.3 is 15.2 Å².